The van der Waals surface area contributed by atoms with E-state index >= 15 is 0 Å². The van der Waals surface area contributed by atoms with Crippen LogP contribution in [0.4, 0.5) is 0 Å². The summed E-state index contributed by atoms with van der Waals surface area (Å²) in [5, 5.41) is 0. The summed E-state index contributed by atoms with van der Waals surface area (Å²) in [4.78, 5) is 16.4. The van der Waals surface area contributed by atoms with Gasteiger partial charge in [0.2, 0.25) is 0 Å². The summed E-state index contributed by atoms with van der Waals surface area (Å²) < 4.78 is 16.4. The molecule has 5 heteroatoms. The number of carbonyl (C=O) groups is 1. The van der Waals surface area contributed by atoms with Gasteiger partial charge in [-0.25, -0.2) is 0 Å². The number of carbonyl (C=O) groups excluding carboxylic acids is 1. The number of ether oxygens (including phenoxy) is 3. The van der Waals surface area contributed by atoms with Gasteiger partial charge in [0.1, 0.15) is 5.75 Å². The van der Waals surface area contributed by atoms with Gasteiger partial charge in [0.05, 0.1) is 20.1 Å². The molecule has 0 saturated heterocycles. The van der Waals surface area contributed by atoms with Gasteiger partial charge >= 0.3 is 5.97 Å². The Labute approximate surface area is 170 Å². The Kier molecular flexibility index (Phi) is 7.00. The predicted molar refractivity (Wildman–Crippen MR) is 113 cm³/mol. The molecule has 3 rings (SSSR count). The Morgan fingerprint density at radius 2 is 1.66 bits per heavy atom. The van der Waals surface area contributed by atoms with E-state index in [0.29, 0.717) is 18.1 Å². The van der Waals surface area contributed by atoms with Gasteiger partial charge in [-0.15, -0.1) is 0 Å². The van der Waals surface area contributed by atoms with E-state index in [0.717, 1.165) is 22.4 Å². The third kappa shape index (κ3) is 5.94. The van der Waals surface area contributed by atoms with E-state index in [2.05, 4.69) is 4.98 Å². The Hall–Kier alpha value is -3.60. The number of pyridine rings is 1. The number of nitrogens with zero attached hydrogens (tertiary/aromatic N) is 1. The molecule has 0 atom stereocenters. The van der Waals surface area contributed by atoms with Crippen molar-refractivity contribution in [2.75, 3.05) is 13.7 Å². The van der Waals surface area contributed by atoms with Gasteiger partial charge in [0.25, 0.3) is 0 Å². The molecule has 0 amide bonds. The molecule has 0 spiro atoms. The van der Waals surface area contributed by atoms with Crippen LogP contribution < -0.4 is 14.2 Å². The van der Waals surface area contributed by atoms with Crippen LogP contribution in [0.5, 0.6) is 17.2 Å². The maximum absolute atomic E-state index is 12.4. The van der Waals surface area contributed by atoms with Crippen molar-refractivity contribution in [3.05, 3.63) is 83.7 Å². The van der Waals surface area contributed by atoms with Crippen molar-refractivity contribution in [3.8, 4) is 17.2 Å². The number of hydrogen-bond donors (Lipinski definition) is 0. The second-order valence-electron chi connectivity index (χ2n) is 6.25. The molecule has 0 bridgehead atoms. The fourth-order valence-corrected chi connectivity index (χ4v) is 2.72. The van der Waals surface area contributed by atoms with Crippen molar-refractivity contribution in [2.45, 2.75) is 13.3 Å². The Morgan fingerprint density at radius 1 is 0.931 bits per heavy atom. The molecule has 1 heterocycles. The van der Waals surface area contributed by atoms with Gasteiger partial charge < -0.3 is 14.2 Å². The molecule has 0 fully saturated rings. The smallest absolute Gasteiger partial charge is 0.315 e. The highest BCUT2D eigenvalue weighted by molar-refractivity contribution is 5.77. The average Bonchev–Trinajstić information content (AvgIpc) is 2.75. The van der Waals surface area contributed by atoms with E-state index in [9.17, 15) is 4.79 Å². The summed E-state index contributed by atoms with van der Waals surface area (Å²) in [5.41, 5.74) is 2.85. The highest BCUT2D eigenvalue weighted by Gasteiger charge is 2.12. The molecule has 0 saturated carbocycles. The lowest BCUT2D eigenvalue weighted by atomic mass is 10.1. The number of aromatic nitrogens is 1. The zero-order valence-corrected chi connectivity index (χ0v) is 16.5. The molecule has 29 heavy (non-hydrogen) atoms. The van der Waals surface area contributed by atoms with Gasteiger partial charge in [-0.1, -0.05) is 30.4 Å². The highest BCUT2D eigenvalue weighted by atomic mass is 16.6. The lowest BCUT2D eigenvalue weighted by Gasteiger charge is -2.11. The second-order valence-corrected chi connectivity index (χ2v) is 6.25. The van der Waals surface area contributed by atoms with Crippen LogP contribution in [-0.2, 0) is 11.2 Å². The van der Waals surface area contributed by atoms with Crippen LogP contribution in [0.1, 0.15) is 23.6 Å². The molecule has 2 aromatic carbocycles. The van der Waals surface area contributed by atoms with Crippen LogP contribution in [0.15, 0.2) is 67.0 Å². The fraction of sp³-hybridized carbons (Fsp3) is 0.167. The van der Waals surface area contributed by atoms with E-state index < -0.39 is 0 Å². The molecule has 5 nitrogen and oxygen atoms in total. The minimum absolute atomic E-state index is 0.166. The highest BCUT2D eigenvalue weighted by Crippen LogP contribution is 2.29. The zero-order valence-electron chi connectivity index (χ0n) is 16.5. The van der Waals surface area contributed by atoms with Crippen LogP contribution in [0, 0.1) is 0 Å². The monoisotopic (exact) mass is 389 g/mol. The number of benzene rings is 2. The normalized spacial score (nSPS) is 10.7. The molecular formula is C24H23NO4. The first-order valence-corrected chi connectivity index (χ1v) is 9.36. The molecule has 0 unspecified atom stereocenters. The minimum atomic E-state index is -0.351. The maximum Gasteiger partial charge on any atom is 0.315 e. The summed E-state index contributed by atoms with van der Waals surface area (Å²) in [5.74, 6) is 1.34. The van der Waals surface area contributed by atoms with Gasteiger partial charge in [0.15, 0.2) is 11.5 Å². The lowest BCUT2D eigenvalue weighted by Crippen LogP contribution is -2.12. The van der Waals surface area contributed by atoms with Gasteiger partial charge in [-0.3, -0.25) is 9.78 Å². The van der Waals surface area contributed by atoms with Gasteiger partial charge in [-0.2, -0.15) is 0 Å². The second kappa shape index (κ2) is 10.1. The van der Waals surface area contributed by atoms with Crippen molar-refractivity contribution in [2.24, 2.45) is 0 Å². The van der Waals surface area contributed by atoms with Crippen molar-refractivity contribution in [3.63, 3.8) is 0 Å². The number of methoxy groups -OCH3 is 1. The Morgan fingerprint density at radius 3 is 2.34 bits per heavy atom. The number of esters is 1. The van der Waals surface area contributed by atoms with E-state index in [-0.39, 0.29) is 12.4 Å². The first-order chi connectivity index (χ1) is 14.2. The van der Waals surface area contributed by atoms with Crippen molar-refractivity contribution in [1.29, 1.82) is 0 Å². The summed E-state index contributed by atoms with van der Waals surface area (Å²) in [6.07, 6.45) is 7.62. The minimum Gasteiger partial charge on any atom is -0.497 e. The first-order valence-electron chi connectivity index (χ1n) is 9.36. The van der Waals surface area contributed by atoms with Crippen LogP contribution in [0.3, 0.4) is 0 Å². The number of rotatable bonds is 8. The van der Waals surface area contributed by atoms with Crippen LogP contribution in [-0.4, -0.2) is 24.7 Å². The Bertz CT molecular complexity index is 966. The van der Waals surface area contributed by atoms with Crippen molar-refractivity contribution >= 4 is 18.1 Å². The third-order valence-electron chi connectivity index (χ3n) is 4.17. The summed E-state index contributed by atoms with van der Waals surface area (Å²) in [7, 11) is 1.61. The molecule has 0 aliphatic heterocycles. The van der Waals surface area contributed by atoms with Crippen LogP contribution >= 0.6 is 0 Å². The lowest BCUT2D eigenvalue weighted by molar-refractivity contribution is -0.133. The first kappa shape index (κ1) is 20.1. The summed E-state index contributed by atoms with van der Waals surface area (Å²) in [6.45, 7) is 2.36. The van der Waals surface area contributed by atoms with Gasteiger partial charge in [-0.05, 0) is 60.0 Å². The predicted octanol–water partition coefficient (Wildman–Crippen LogP) is 4.81. The quantitative estimate of drug-likeness (QED) is 0.409. The van der Waals surface area contributed by atoms with Crippen molar-refractivity contribution < 1.29 is 19.0 Å². The number of hydrogen-bond acceptors (Lipinski definition) is 5. The van der Waals surface area contributed by atoms with E-state index in [1.165, 1.54) is 0 Å². The third-order valence-corrected chi connectivity index (χ3v) is 4.17. The molecule has 0 N–H and O–H groups in total. The van der Waals surface area contributed by atoms with Crippen LogP contribution in [0.25, 0.3) is 12.2 Å². The molecule has 1 aromatic heterocycles. The molecule has 3 aromatic rings. The van der Waals surface area contributed by atoms with Crippen molar-refractivity contribution in [1.82, 2.24) is 4.98 Å². The standard InChI is InChI=1S/C24H23NO4/c1-3-28-23-16-19(5-4-18-12-14-25-15-13-18)8-11-22(23)29-24(26)17-20-6-9-21(27-2)10-7-20/h4-16H,3,17H2,1-2H3/b5-4+. The SMILES string of the molecule is CCOc1cc(/C=C/c2ccncc2)ccc1OC(=O)Cc1ccc(OC)cc1. The fourth-order valence-electron chi connectivity index (χ4n) is 2.72. The van der Waals surface area contributed by atoms with Crippen LogP contribution in [0.2, 0.25) is 0 Å². The van der Waals surface area contributed by atoms with E-state index in [1.54, 1.807) is 25.6 Å². The summed E-state index contributed by atoms with van der Waals surface area (Å²) >= 11 is 0. The van der Waals surface area contributed by atoms with Gasteiger partial charge in [0, 0.05) is 12.4 Å². The van der Waals surface area contributed by atoms with E-state index in [1.807, 2.05) is 67.6 Å². The largest absolute Gasteiger partial charge is 0.497 e. The zero-order chi connectivity index (χ0) is 20.5. The maximum atomic E-state index is 12.4. The molecule has 0 aliphatic carbocycles. The Balaban J connectivity index is 1.70. The average molecular weight is 389 g/mol. The molecular weight excluding hydrogens is 366 g/mol. The molecule has 148 valence electrons. The topological polar surface area (TPSA) is 57.7 Å². The molecule has 0 radical (unpaired) electrons. The summed E-state index contributed by atoms with van der Waals surface area (Å²) in [6, 6.07) is 16.7. The van der Waals surface area contributed by atoms with E-state index in [4.69, 9.17) is 14.2 Å². The molecule has 0 aliphatic rings.